The molecular weight excluding hydrogens is 307 g/mol. The Morgan fingerprint density at radius 2 is 2.12 bits per heavy atom. The number of hydrogen-bond donors (Lipinski definition) is 1. The highest BCUT2D eigenvalue weighted by atomic mass is 79.9. The zero-order valence-corrected chi connectivity index (χ0v) is 11.1. The third-order valence-corrected chi connectivity index (χ3v) is 3.03. The SMILES string of the molecule is Fc1cc(CNc2cccc(Cl)n2)ccc1Br. The van der Waals surface area contributed by atoms with E-state index in [0.29, 0.717) is 22.0 Å². The van der Waals surface area contributed by atoms with Crippen LogP contribution < -0.4 is 5.32 Å². The van der Waals surface area contributed by atoms with Crippen LogP contribution in [0.4, 0.5) is 10.2 Å². The standard InChI is InChI=1S/C12H9BrClFN2/c13-9-5-4-8(6-10(9)15)7-16-12-3-1-2-11(14)17-12/h1-6H,7H2,(H,16,17). The van der Waals surface area contributed by atoms with Gasteiger partial charge in [-0.15, -0.1) is 0 Å². The molecule has 1 aromatic heterocycles. The summed E-state index contributed by atoms with van der Waals surface area (Å²) in [4.78, 5) is 4.08. The molecule has 0 fully saturated rings. The van der Waals surface area contributed by atoms with Gasteiger partial charge in [-0.3, -0.25) is 0 Å². The van der Waals surface area contributed by atoms with Gasteiger partial charge in [0.1, 0.15) is 16.8 Å². The van der Waals surface area contributed by atoms with E-state index < -0.39 is 0 Å². The van der Waals surface area contributed by atoms with Gasteiger partial charge in [0.05, 0.1) is 4.47 Å². The van der Waals surface area contributed by atoms with E-state index in [1.165, 1.54) is 6.07 Å². The van der Waals surface area contributed by atoms with Crippen molar-refractivity contribution in [3.63, 3.8) is 0 Å². The third-order valence-electron chi connectivity index (χ3n) is 2.17. The summed E-state index contributed by atoms with van der Waals surface area (Å²) in [6, 6.07) is 10.3. The molecule has 0 aliphatic carbocycles. The lowest BCUT2D eigenvalue weighted by Crippen LogP contribution is -2.01. The Balaban J connectivity index is 2.05. The molecule has 88 valence electrons. The van der Waals surface area contributed by atoms with E-state index in [2.05, 4.69) is 26.2 Å². The number of nitrogens with zero attached hydrogens (tertiary/aromatic N) is 1. The van der Waals surface area contributed by atoms with Gasteiger partial charge in [-0.1, -0.05) is 23.7 Å². The normalized spacial score (nSPS) is 10.3. The summed E-state index contributed by atoms with van der Waals surface area (Å²) in [5, 5.41) is 3.50. The van der Waals surface area contributed by atoms with Crippen LogP contribution in [-0.2, 0) is 6.54 Å². The predicted molar refractivity (Wildman–Crippen MR) is 70.7 cm³/mol. The van der Waals surface area contributed by atoms with Gasteiger partial charge >= 0.3 is 0 Å². The van der Waals surface area contributed by atoms with Crippen LogP contribution >= 0.6 is 27.5 Å². The first-order valence-electron chi connectivity index (χ1n) is 4.95. The lowest BCUT2D eigenvalue weighted by Gasteiger charge is -2.06. The van der Waals surface area contributed by atoms with E-state index in [-0.39, 0.29) is 5.82 Å². The fourth-order valence-corrected chi connectivity index (χ4v) is 1.76. The van der Waals surface area contributed by atoms with Crippen LogP contribution in [0, 0.1) is 5.82 Å². The smallest absolute Gasteiger partial charge is 0.137 e. The quantitative estimate of drug-likeness (QED) is 0.857. The topological polar surface area (TPSA) is 24.9 Å². The van der Waals surface area contributed by atoms with Gasteiger partial charge in [0, 0.05) is 6.54 Å². The number of anilines is 1. The van der Waals surface area contributed by atoms with Crippen molar-refractivity contribution < 1.29 is 4.39 Å². The molecule has 17 heavy (non-hydrogen) atoms. The van der Waals surface area contributed by atoms with Gasteiger partial charge in [0.15, 0.2) is 0 Å². The molecular formula is C12H9BrClFN2. The summed E-state index contributed by atoms with van der Waals surface area (Å²) in [7, 11) is 0. The van der Waals surface area contributed by atoms with Gasteiger partial charge in [-0.2, -0.15) is 0 Å². The molecule has 0 bridgehead atoms. The lowest BCUT2D eigenvalue weighted by molar-refractivity contribution is 0.619. The molecule has 0 atom stereocenters. The van der Waals surface area contributed by atoms with E-state index in [1.807, 2.05) is 6.07 Å². The summed E-state index contributed by atoms with van der Waals surface area (Å²) in [6.45, 7) is 0.498. The van der Waals surface area contributed by atoms with Crippen molar-refractivity contribution in [1.82, 2.24) is 4.98 Å². The minimum Gasteiger partial charge on any atom is -0.366 e. The van der Waals surface area contributed by atoms with Crippen LogP contribution in [0.25, 0.3) is 0 Å². The van der Waals surface area contributed by atoms with Crippen molar-refractivity contribution in [3.8, 4) is 0 Å². The number of rotatable bonds is 3. The van der Waals surface area contributed by atoms with Crippen LogP contribution in [0.5, 0.6) is 0 Å². The number of halogens is 3. The molecule has 0 unspecified atom stereocenters. The van der Waals surface area contributed by atoms with Gasteiger partial charge in [0.25, 0.3) is 0 Å². The van der Waals surface area contributed by atoms with Crippen molar-refractivity contribution in [3.05, 3.63) is 57.4 Å². The first kappa shape index (κ1) is 12.3. The molecule has 1 N–H and O–H groups in total. The molecule has 0 radical (unpaired) electrons. The van der Waals surface area contributed by atoms with Crippen molar-refractivity contribution in [2.75, 3.05) is 5.32 Å². The summed E-state index contributed by atoms with van der Waals surface area (Å²) < 4.78 is 13.7. The molecule has 1 aromatic carbocycles. The molecule has 0 amide bonds. The Morgan fingerprint density at radius 3 is 2.82 bits per heavy atom. The Morgan fingerprint density at radius 1 is 1.29 bits per heavy atom. The highest BCUT2D eigenvalue weighted by Gasteiger charge is 2.01. The van der Waals surface area contributed by atoms with E-state index in [0.717, 1.165) is 5.56 Å². The zero-order valence-electron chi connectivity index (χ0n) is 8.75. The Bertz CT molecular complexity index is 534. The number of aromatic nitrogens is 1. The van der Waals surface area contributed by atoms with Gasteiger partial charge in [-0.25, -0.2) is 9.37 Å². The molecule has 0 spiro atoms. The van der Waals surface area contributed by atoms with E-state index in [9.17, 15) is 4.39 Å². The van der Waals surface area contributed by atoms with Crippen LogP contribution in [0.3, 0.4) is 0 Å². The monoisotopic (exact) mass is 314 g/mol. The van der Waals surface area contributed by atoms with Gasteiger partial charge < -0.3 is 5.32 Å². The first-order chi connectivity index (χ1) is 8.15. The highest BCUT2D eigenvalue weighted by Crippen LogP contribution is 2.17. The Hall–Kier alpha value is -1.13. The van der Waals surface area contributed by atoms with Crippen molar-refractivity contribution in [1.29, 1.82) is 0 Å². The summed E-state index contributed by atoms with van der Waals surface area (Å²) in [5.41, 5.74) is 0.840. The molecule has 5 heteroatoms. The minimum atomic E-state index is -0.275. The van der Waals surface area contributed by atoms with Crippen LogP contribution in [0.15, 0.2) is 40.9 Å². The van der Waals surface area contributed by atoms with Crippen molar-refractivity contribution in [2.24, 2.45) is 0 Å². The molecule has 2 rings (SSSR count). The van der Waals surface area contributed by atoms with Crippen LogP contribution in [0.2, 0.25) is 5.15 Å². The highest BCUT2D eigenvalue weighted by molar-refractivity contribution is 9.10. The number of pyridine rings is 1. The van der Waals surface area contributed by atoms with E-state index in [4.69, 9.17) is 11.6 Å². The molecule has 2 nitrogen and oxygen atoms in total. The predicted octanol–water partition coefficient (Wildman–Crippen LogP) is 4.25. The average molecular weight is 316 g/mol. The summed E-state index contributed by atoms with van der Waals surface area (Å²) in [6.07, 6.45) is 0. The summed E-state index contributed by atoms with van der Waals surface area (Å²) >= 11 is 8.86. The average Bonchev–Trinajstić information content (AvgIpc) is 2.31. The lowest BCUT2D eigenvalue weighted by atomic mass is 10.2. The van der Waals surface area contributed by atoms with Crippen molar-refractivity contribution in [2.45, 2.75) is 6.54 Å². The Kier molecular flexibility index (Phi) is 3.97. The fraction of sp³-hybridized carbons (Fsp3) is 0.0833. The maximum Gasteiger partial charge on any atom is 0.137 e. The molecule has 0 saturated heterocycles. The maximum absolute atomic E-state index is 13.3. The summed E-state index contributed by atoms with van der Waals surface area (Å²) in [5.74, 6) is 0.393. The molecule has 0 aliphatic heterocycles. The third kappa shape index (κ3) is 3.41. The van der Waals surface area contributed by atoms with Crippen molar-refractivity contribution >= 4 is 33.3 Å². The number of benzene rings is 1. The largest absolute Gasteiger partial charge is 0.366 e. The first-order valence-corrected chi connectivity index (χ1v) is 6.12. The second kappa shape index (κ2) is 5.47. The van der Waals surface area contributed by atoms with Gasteiger partial charge in [0.2, 0.25) is 0 Å². The van der Waals surface area contributed by atoms with E-state index in [1.54, 1.807) is 24.3 Å². The Labute approximate surface area is 112 Å². The molecule has 0 saturated carbocycles. The van der Waals surface area contributed by atoms with Gasteiger partial charge in [-0.05, 0) is 45.8 Å². The second-order valence-corrected chi connectivity index (χ2v) is 4.69. The zero-order chi connectivity index (χ0) is 12.3. The number of nitrogens with one attached hydrogen (secondary N) is 1. The van der Waals surface area contributed by atoms with Crippen LogP contribution in [0.1, 0.15) is 5.56 Å². The second-order valence-electron chi connectivity index (χ2n) is 3.45. The maximum atomic E-state index is 13.3. The molecule has 2 aromatic rings. The van der Waals surface area contributed by atoms with Crippen LogP contribution in [-0.4, -0.2) is 4.98 Å². The fourth-order valence-electron chi connectivity index (χ4n) is 1.35. The van der Waals surface area contributed by atoms with E-state index >= 15 is 0 Å². The molecule has 0 aliphatic rings. The number of hydrogen-bond acceptors (Lipinski definition) is 2. The minimum absolute atomic E-state index is 0.275. The molecule has 1 heterocycles.